The second kappa shape index (κ2) is 8.72. The minimum Gasteiger partial charge on any atom is -0.493 e. The van der Waals surface area contributed by atoms with Gasteiger partial charge < -0.3 is 15.4 Å². The van der Waals surface area contributed by atoms with Crippen molar-refractivity contribution in [3.63, 3.8) is 0 Å². The molecule has 142 valence electrons. The maximum Gasteiger partial charge on any atom is 0.260 e. The molecule has 1 amide bonds. The van der Waals surface area contributed by atoms with Gasteiger partial charge in [-0.25, -0.2) is 0 Å². The van der Waals surface area contributed by atoms with Crippen LogP contribution in [0, 0.1) is 12.8 Å². The normalized spacial score (nSPS) is 18.0. The van der Waals surface area contributed by atoms with Gasteiger partial charge in [0.05, 0.1) is 11.5 Å². The molecule has 2 aromatic carbocycles. The molecule has 0 spiro atoms. The van der Waals surface area contributed by atoms with E-state index < -0.39 is 0 Å². The van der Waals surface area contributed by atoms with Crippen molar-refractivity contribution in [1.29, 1.82) is 0 Å². The van der Waals surface area contributed by atoms with Crippen LogP contribution in [-0.2, 0) is 4.79 Å². The van der Waals surface area contributed by atoms with Crippen molar-refractivity contribution in [2.45, 2.75) is 26.3 Å². The molecule has 3 rings (SSSR count). The van der Waals surface area contributed by atoms with E-state index >= 15 is 0 Å². The van der Waals surface area contributed by atoms with Crippen LogP contribution in [0.5, 0.6) is 5.75 Å². The van der Waals surface area contributed by atoms with Crippen LogP contribution in [0.15, 0.2) is 47.4 Å². The van der Waals surface area contributed by atoms with E-state index in [-0.39, 0.29) is 11.4 Å². The Balaban J connectivity index is 1.64. The van der Waals surface area contributed by atoms with Gasteiger partial charge in [0.25, 0.3) is 5.91 Å². The molecule has 0 saturated carbocycles. The van der Waals surface area contributed by atoms with Crippen LogP contribution in [0.3, 0.4) is 0 Å². The summed E-state index contributed by atoms with van der Waals surface area (Å²) in [6.07, 6.45) is 1.89. The van der Waals surface area contributed by atoms with Gasteiger partial charge >= 0.3 is 0 Å². The zero-order valence-electron chi connectivity index (χ0n) is 15.6. The lowest BCUT2D eigenvalue weighted by Gasteiger charge is -2.15. The molecule has 2 aromatic rings. The van der Waals surface area contributed by atoms with E-state index in [1.807, 2.05) is 55.5 Å². The quantitative estimate of drug-likeness (QED) is 0.645. The van der Waals surface area contributed by atoms with Gasteiger partial charge in [-0.2, -0.15) is 0 Å². The molecule has 1 heterocycles. The van der Waals surface area contributed by atoms with E-state index in [9.17, 15) is 4.79 Å². The Hall–Kier alpha value is -2.11. The second-order valence-electron chi connectivity index (χ2n) is 6.86. The Morgan fingerprint density at radius 2 is 2.00 bits per heavy atom. The summed E-state index contributed by atoms with van der Waals surface area (Å²) in [4.78, 5) is 13.0. The van der Waals surface area contributed by atoms with Gasteiger partial charge in [-0.05, 0) is 60.4 Å². The number of carbonyl (C=O) groups is 1. The van der Waals surface area contributed by atoms with E-state index in [0.717, 1.165) is 22.6 Å². The summed E-state index contributed by atoms with van der Waals surface area (Å²) in [6.45, 7) is 6.90. The minimum absolute atomic E-state index is 0.0794. The number of benzene rings is 2. The van der Waals surface area contributed by atoms with Crippen LogP contribution in [0.4, 0.5) is 5.69 Å². The van der Waals surface area contributed by atoms with E-state index in [1.54, 1.807) is 0 Å². The van der Waals surface area contributed by atoms with Crippen LogP contribution < -0.4 is 15.4 Å². The molecule has 0 radical (unpaired) electrons. The SMILES string of the molecule is Cc1cc(Cl)ccc1NC1NC(=O)/C(=C/c2ccc(OCC(C)C)cc2)S1. The first-order valence-electron chi connectivity index (χ1n) is 8.85. The molecule has 0 aliphatic carbocycles. The van der Waals surface area contributed by atoms with Crippen molar-refractivity contribution >= 4 is 41.0 Å². The fourth-order valence-electron chi connectivity index (χ4n) is 2.57. The van der Waals surface area contributed by atoms with E-state index in [1.165, 1.54) is 11.8 Å². The van der Waals surface area contributed by atoms with Crippen LogP contribution in [0.1, 0.15) is 25.0 Å². The maximum atomic E-state index is 12.3. The lowest BCUT2D eigenvalue weighted by Crippen LogP contribution is -2.31. The molecule has 2 N–H and O–H groups in total. The zero-order valence-corrected chi connectivity index (χ0v) is 17.2. The van der Waals surface area contributed by atoms with Gasteiger partial charge in [0.15, 0.2) is 5.50 Å². The summed E-state index contributed by atoms with van der Waals surface area (Å²) in [7, 11) is 0. The van der Waals surface area contributed by atoms with Gasteiger partial charge in [0, 0.05) is 10.7 Å². The lowest BCUT2D eigenvalue weighted by atomic mass is 10.2. The minimum atomic E-state index is -0.211. The Morgan fingerprint density at radius 3 is 2.67 bits per heavy atom. The number of hydrogen-bond acceptors (Lipinski definition) is 4. The van der Waals surface area contributed by atoms with Gasteiger partial charge in [-0.15, -0.1) is 0 Å². The van der Waals surface area contributed by atoms with Crippen LogP contribution in [0.25, 0.3) is 6.08 Å². The lowest BCUT2D eigenvalue weighted by molar-refractivity contribution is -0.116. The zero-order chi connectivity index (χ0) is 19.4. The molecule has 1 aliphatic heterocycles. The summed E-state index contributed by atoms with van der Waals surface area (Å²) >= 11 is 7.46. The van der Waals surface area contributed by atoms with Crippen molar-refractivity contribution in [2.75, 3.05) is 11.9 Å². The number of rotatable bonds is 6. The van der Waals surface area contributed by atoms with Crippen molar-refractivity contribution < 1.29 is 9.53 Å². The molecule has 0 bridgehead atoms. The predicted octanol–water partition coefficient (Wildman–Crippen LogP) is 5.28. The molecule has 27 heavy (non-hydrogen) atoms. The van der Waals surface area contributed by atoms with Crippen molar-refractivity contribution in [1.82, 2.24) is 5.32 Å². The second-order valence-corrected chi connectivity index (χ2v) is 8.44. The fourth-order valence-corrected chi connectivity index (χ4v) is 3.77. The average Bonchev–Trinajstić information content (AvgIpc) is 2.96. The molecule has 1 aliphatic rings. The molecular formula is C21H23ClN2O2S. The number of halogens is 1. The molecular weight excluding hydrogens is 380 g/mol. The first-order valence-corrected chi connectivity index (χ1v) is 10.1. The third-order valence-electron chi connectivity index (χ3n) is 3.97. The highest BCUT2D eigenvalue weighted by Crippen LogP contribution is 2.31. The number of carbonyl (C=O) groups excluding carboxylic acids is 1. The third kappa shape index (κ3) is 5.44. The topological polar surface area (TPSA) is 50.4 Å². The van der Waals surface area contributed by atoms with Gasteiger partial charge in [-0.1, -0.05) is 49.3 Å². The van der Waals surface area contributed by atoms with Crippen molar-refractivity contribution in [2.24, 2.45) is 5.92 Å². The van der Waals surface area contributed by atoms with Gasteiger partial charge in [-0.3, -0.25) is 4.79 Å². The number of thioether (sulfide) groups is 1. The smallest absolute Gasteiger partial charge is 0.260 e. The van der Waals surface area contributed by atoms with E-state index in [4.69, 9.17) is 16.3 Å². The summed E-state index contributed by atoms with van der Waals surface area (Å²) < 4.78 is 5.69. The Morgan fingerprint density at radius 1 is 1.26 bits per heavy atom. The Kier molecular flexibility index (Phi) is 6.34. The summed E-state index contributed by atoms with van der Waals surface area (Å²) in [5.41, 5.74) is 2.74. The van der Waals surface area contributed by atoms with Crippen molar-refractivity contribution in [3.05, 3.63) is 63.5 Å². The van der Waals surface area contributed by atoms with Gasteiger partial charge in [0.1, 0.15) is 5.75 Å². The van der Waals surface area contributed by atoms with E-state index in [0.29, 0.717) is 22.5 Å². The highest BCUT2D eigenvalue weighted by atomic mass is 35.5. The van der Waals surface area contributed by atoms with Crippen LogP contribution >= 0.6 is 23.4 Å². The fraction of sp³-hybridized carbons (Fsp3) is 0.286. The number of ether oxygens (including phenoxy) is 1. The molecule has 1 saturated heterocycles. The number of hydrogen-bond donors (Lipinski definition) is 2. The number of nitrogens with one attached hydrogen (secondary N) is 2. The first kappa shape index (κ1) is 19.6. The monoisotopic (exact) mass is 402 g/mol. The van der Waals surface area contributed by atoms with Gasteiger partial charge in [0.2, 0.25) is 0 Å². The highest BCUT2D eigenvalue weighted by molar-refractivity contribution is 8.05. The summed E-state index contributed by atoms with van der Waals surface area (Å²) in [6, 6.07) is 13.4. The number of aryl methyl sites for hydroxylation is 1. The summed E-state index contributed by atoms with van der Waals surface area (Å²) in [5, 5.41) is 6.97. The maximum absolute atomic E-state index is 12.3. The molecule has 1 atom stereocenters. The number of anilines is 1. The van der Waals surface area contributed by atoms with Crippen LogP contribution in [-0.4, -0.2) is 18.0 Å². The Labute approximate surface area is 169 Å². The molecule has 1 unspecified atom stereocenters. The van der Waals surface area contributed by atoms with Crippen LogP contribution in [0.2, 0.25) is 5.02 Å². The molecule has 1 fully saturated rings. The first-order chi connectivity index (χ1) is 12.9. The highest BCUT2D eigenvalue weighted by Gasteiger charge is 2.27. The average molecular weight is 403 g/mol. The largest absolute Gasteiger partial charge is 0.493 e. The molecule has 0 aromatic heterocycles. The summed E-state index contributed by atoms with van der Waals surface area (Å²) in [5.74, 6) is 1.25. The number of amides is 1. The molecule has 4 nitrogen and oxygen atoms in total. The van der Waals surface area contributed by atoms with Crippen molar-refractivity contribution in [3.8, 4) is 5.75 Å². The van der Waals surface area contributed by atoms with E-state index in [2.05, 4.69) is 24.5 Å². The standard InChI is InChI=1S/C21H23ClN2O2S/c1-13(2)12-26-17-7-4-15(5-8-17)11-19-20(25)24-21(27-19)23-18-9-6-16(22)10-14(18)3/h4-11,13,21,23H,12H2,1-3H3,(H,24,25)/b19-11-. The molecule has 6 heteroatoms. The Bertz CT molecular complexity index is 850. The predicted molar refractivity (Wildman–Crippen MR) is 114 cm³/mol. The third-order valence-corrected chi connectivity index (χ3v) is 5.23.